The number of hydrogen-bond donors (Lipinski definition) is 3. The SMILES string of the molecule is NC(=O)c1ccc(-c2ccc3c(c2)c2c(=O)[nH]ccc2c2[nH]c(-c4c(F)cccc4Cl)nc32)cc1. The number of aromatic nitrogens is 3. The van der Waals surface area contributed by atoms with Crippen LogP contribution in [0, 0.1) is 5.82 Å². The lowest BCUT2D eigenvalue weighted by Gasteiger charge is -2.09. The number of imidazole rings is 1. The number of pyridine rings is 1. The van der Waals surface area contributed by atoms with Gasteiger partial charge in [-0.3, -0.25) is 9.59 Å². The normalized spacial score (nSPS) is 11.5. The third kappa shape index (κ3) is 3.28. The molecule has 2 heterocycles. The van der Waals surface area contributed by atoms with Gasteiger partial charge in [-0.2, -0.15) is 0 Å². The zero-order valence-corrected chi connectivity index (χ0v) is 18.8. The molecule has 0 saturated carbocycles. The molecule has 0 aliphatic heterocycles. The summed E-state index contributed by atoms with van der Waals surface area (Å²) in [4.78, 5) is 35.0. The third-order valence-electron chi connectivity index (χ3n) is 6.18. The first-order valence-corrected chi connectivity index (χ1v) is 11.1. The molecule has 1 amide bonds. The summed E-state index contributed by atoms with van der Waals surface area (Å²) >= 11 is 6.29. The number of carbonyl (C=O) groups excluding carboxylic acids is 1. The average molecular weight is 483 g/mol. The molecule has 170 valence electrons. The summed E-state index contributed by atoms with van der Waals surface area (Å²) in [6.45, 7) is 0. The molecule has 0 aliphatic rings. The Labute approximate surface area is 202 Å². The first-order chi connectivity index (χ1) is 16.9. The van der Waals surface area contributed by atoms with E-state index in [4.69, 9.17) is 22.3 Å². The maximum absolute atomic E-state index is 14.6. The smallest absolute Gasteiger partial charge is 0.256 e. The van der Waals surface area contributed by atoms with E-state index in [1.807, 2.05) is 18.2 Å². The van der Waals surface area contributed by atoms with E-state index in [-0.39, 0.29) is 22.0 Å². The van der Waals surface area contributed by atoms with E-state index in [1.165, 1.54) is 12.1 Å². The van der Waals surface area contributed by atoms with Gasteiger partial charge >= 0.3 is 0 Å². The molecule has 0 radical (unpaired) electrons. The van der Waals surface area contributed by atoms with Gasteiger partial charge in [0.25, 0.3) is 5.56 Å². The maximum atomic E-state index is 14.6. The predicted octanol–water partition coefficient (Wildman–Crippen LogP) is 5.78. The van der Waals surface area contributed by atoms with Crippen molar-refractivity contribution in [2.75, 3.05) is 0 Å². The summed E-state index contributed by atoms with van der Waals surface area (Å²) in [5.74, 6) is -0.715. The molecule has 6 aromatic rings. The summed E-state index contributed by atoms with van der Waals surface area (Å²) < 4.78 is 14.6. The number of amides is 1. The van der Waals surface area contributed by atoms with Crippen LogP contribution in [0.1, 0.15) is 10.4 Å². The Hall–Kier alpha value is -4.49. The molecule has 35 heavy (non-hydrogen) atoms. The first kappa shape index (κ1) is 21.1. The van der Waals surface area contributed by atoms with Crippen LogP contribution in [0.3, 0.4) is 0 Å². The highest BCUT2D eigenvalue weighted by molar-refractivity contribution is 6.33. The van der Waals surface area contributed by atoms with Crippen LogP contribution in [0.5, 0.6) is 0 Å². The van der Waals surface area contributed by atoms with Crippen LogP contribution >= 0.6 is 11.6 Å². The second-order valence-electron chi connectivity index (χ2n) is 8.20. The van der Waals surface area contributed by atoms with Crippen LogP contribution in [-0.4, -0.2) is 20.9 Å². The highest BCUT2D eigenvalue weighted by atomic mass is 35.5. The summed E-state index contributed by atoms with van der Waals surface area (Å²) in [6.07, 6.45) is 1.57. The number of benzene rings is 4. The van der Waals surface area contributed by atoms with Gasteiger partial charge in [-0.15, -0.1) is 0 Å². The molecule has 0 fully saturated rings. The fourth-order valence-corrected chi connectivity index (χ4v) is 4.78. The monoisotopic (exact) mass is 482 g/mol. The van der Waals surface area contributed by atoms with Gasteiger partial charge in [0.2, 0.25) is 5.91 Å². The second kappa shape index (κ2) is 7.78. The van der Waals surface area contributed by atoms with Gasteiger partial charge in [0.15, 0.2) is 0 Å². The number of nitrogens with two attached hydrogens (primary N) is 1. The van der Waals surface area contributed by atoms with Crippen molar-refractivity contribution in [2.45, 2.75) is 0 Å². The number of aromatic amines is 2. The van der Waals surface area contributed by atoms with Crippen molar-refractivity contribution < 1.29 is 9.18 Å². The second-order valence-corrected chi connectivity index (χ2v) is 8.61. The lowest BCUT2D eigenvalue weighted by Crippen LogP contribution is -2.10. The van der Waals surface area contributed by atoms with Crippen molar-refractivity contribution in [3.05, 3.63) is 99.7 Å². The Morgan fingerprint density at radius 1 is 0.943 bits per heavy atom. The minimum Gasteiger partial charge on any atom is -0.366 e. The van der Waals surface area contributed by atoms with E-state index >= 15 is 0 Å². The molecule has 2 aromatic heterocycles. The highest BCUT2D eigenvalue weighted by Crippen LogP contribution is 2.37. The van der Waals surface area contributed by atoms with Gasteiger partial charge in [-0.05, 0) is 52.9 Å². The molecule has 4 aromatic carbocycles. The molecule has 6 rings (SSSR count). The standard InChI is InChI=1S/C27H16ClFN4O2/c28-19-2-1-3-20(29)22(19)26-32-23-16-9-8-15(13-4-6-14(7-5-13)25(30)34)12-18(16)21-17(24(23)33-26)10-11-31-27(21)35/h1-12H,(H2,30,34)(H,31,35)(H,32,33). The molecule has 0 aliphatic carbocycles. The topological polar surface area (TPSA) is 105 Å². The highest BCUT2D eigenvalue weighted by Gasteiger charge is 2.19. The van der Waals surface area contributed by atoms with Crippen LogP contribution in [0.4, 0.5) is 4.39 Å². The summed E-state index contributed by atoms with van der Waals surface area (Å²) in [7, 11) is 0. The number of hydrogen-bond acceptors (Lipinski definition) is 3. The molecular formula is C27H16ClFN4O2. The molecule has 0 spiro atoms. The summed E-state index contributed by atoms with van der Waals surface area (Å²) in [6, 6.07) is 18.9. The first-order valence-electron chi connectivity index (χ1n) is 10.7. The summed E-state index contributed by atoms with van der Waals surface area (Å²) in [5, 5.41) is 2.81. The van der Waals surface area contributed by atoms with Crippen LogP contribution in [0.15, 0.2) is 77.7 Å². The molecule has 0 atom stereocenters. The maximum Gasteiger partial charge on any atom is 0.256 e. The van der Waals surface area contributed by atoms with Crippen LogP contribution in [-0.2, 0) is 0 Å². The summed E-state index contributed by atoms with van der Waals surface area (Å²) in [5.41, 5.74) is 8.61. The van der Waals surface area contributed by atoms with Crippen molar-refractivity contribution in [1.29, 1.82) is 0 Å². The lowest BCUT2D eigenvalue weighted by atomic mass is 9.96. The molecule has 0 saturated heterocycles. The Balaban J connectivity index is 1.67. The van der Waals surface area contributed by atoms with Crippen LogP contribution in [0.2, 0.25) is 5.02 Å². The third-order valence-corrected chi connectivity index (χ3v) is 6.50. The van der Waals surface area contributed by atoms with E-state index in [9.17, 15) is 14.0 Å². The number of rotatable bonds is 3. The zero-order chi connectivity index (χ0) is 24.3. The van der Waals surface area contributed by atoms with Gasteiger partial charge in [0.1, 0.15) is 11.6 Å². The average Bonchev–Trinajstić information content (AvgIpc) is 3.29. The molecule has 8 heteroatoms. The zero-order valence-electron chi connectivity index (χ0n) is 18.0. The minimum atomic E-state index is -0.501. The van der Waals surface area contributed by atoms with E-state index in [0.29, 0.717) is 32.8 Å². The van der Waals surface area contributed by atoms with E-state index in [0.717, 1.165) is 16.5 Å². The minimum absolute atomic E-state index is 0.169. The van der Waals surface area contributed by atoms with Crippen molar-refractivity contribution in [2.24, 2.45) is 5.73 Å². The Morgan fingerprint density at radius 2 is 1.71 bits per heavy atom. The van der Waals surface area contributed by atoms with Gasteiger partial charge in [-0.25, -0.2) is 9.37 Å². The predicted molar refractivity (Wildman–Crippen MR) is 136 cm³/mol. The van der Waals surface area contributed by atoms with Crippen molar-refractivity contribution in [3.8, 4) is 22.5 Å². The quantitative estimate of drug-likeness (QED) is 0.278. The van der Waals surface area contributed by atoms with Gasteiger partial charge in [0.05, 0.1) is 27.0 Å². The number of H-pyrrole nitrogens is 2. The van der Waals surface area contributed by atoms with Crippen LogP contribution in [0.25, 0.3) is 55.1 Å². The van der Waals surface area contributed by atoms with Crippen molar-refractivity contribution >= 4 is 50.1 Å². The Kier molecular flexibility index (Phi) is 4.69. The number of nitrogens with zero attached hydrogens (tertiary/aromatic N) is 1. The van der Waals surface area contributed by atoms with Crippen molar-refractivity contribution in [3.63, 3.8) is 0 Å². The molecule has 6 nitrogen and oxygen atoms in total. The Bertz CT molecular complexity index is 1850. The van der Waals surface area contributed by atoms with E-state index < -0.39 is 11.7 Å². The van der Waals surface area contributed by atoms with E-state index in [1.54, 1.807) is 42.6 Å². The molecule has 0 unspecified atom stereocenters. The fourth-order valence-electron chi connectivity index (χ4n) is 4.52. The van der Waals surface area contributed by atoms with E-state index in [2.05, 4.69) is 9.97 Å². The van der Waals surface area contributed by atoms with Gasteiger partial charge < -0.3 is 15.7 Å². The van der Waals surface area contributed by atoms with Crippen LogP contribution < -0.4 is 11.3 Å². The van der Waals surface area contributed by atoms with Gasteiger partial charge in [-0.1, -0.05) is 41.9 Å². The molecule has 4 N–H and O–H groups in total. The molecular weight excluding hydrogens is 467 g/mol. The molecule has 0 bridgehead atoms. The number of nitrogens with one attached hydrogen (secondary N) is 2. The number of carbonyl (C=O) groups is 1. The fraction of sp³-hybridized carbons (Fsp3) is 0. The number of primary amides is 1. The number of fused-ring (bicyclic) bond motifs is 6. The largest absolute Gasteiger partial charge is 0.366 e. The van der Waals surface area contributed by atoms with Gasteiger partial charge in [0, 0.05) is 22.5 Å². The lowest BCUT2D eigenvalue weighted by molar-refractivity contribution is 0.100. The Morgan fingerprint density at radius 3 is 2.46 bits per heavy atom. The number of halogens is 2. The van der Waals surface area contributed by atoms with Crippen molar-refractivity contribution in [1.82, 2.24) is 15.0 Å².